The van der Waals surface area contributed by atoms with Gasteiger partial charge in [-0.25, -0.2) is 4.79 Å². The number of rotatable bonds is 3. The lowest BCUT2D eigenvalue weighted by Crippen LogP contribution is -2.36. The molecule has 0 aromatic carbocycles. The summed E-state index contributed by atoms with van der Waals surface area (Å²) in [5, 5.41) is 0. The molecule has 0 radical (unpaired) electrons. The van der Waals surface area contributed by atoms with E-state index in [0.717, 1.165) is 12.8 Å². The third kappa shape index (κ3) is 3.33. The van der Waals surface area contributed by atoms with Gasteiger partial charge in [0.05, 0.1) is 0 Å². The van der Waals surface area contributed by atoms with Crippen molar-refractivity contribution in [2.24, 2.45) is 17.8 Å². The number of ether oxygens (including phenoxy) is 1. The molecule has 0 aromatic rings. The zero-order valence-electron chi connectivity index (χ0n) is 9.73. The highest BCUT2D eigenvalue weighted by Gasteiger charge is 2.33. The summed E-state index contributed by atoms with van der Waals surface area (Å²) in [6, 6.07) is 0. The van der Waals surface area contributed by atoms with Gasteiger partial charge >= 0.3 is 5.97 Å². The van der Waals surface area contributed by atoms with Crippen LogP contribution in [-0.2, 0) is 14.3 Å². The second-order valence-corrected chi connectivity index (χ2v) is 4.92. The van der Waals surface area contributed by atoms with E-state index < -0.39 is 5.97 Å². The van der Waals surface area contributed by atoms with E-state index >= 15 is 0 Å². The Hall–Kier alpha value is -0.860. The Balaban J connectivity index is 2.61. The summed E-state index contributed by atoms with van der Waals surface area (Å²) in [7, 11) is 0. The zero-order valence-corrected chi connectivity index (χ0v) is 9.73. The summed E-state index contributed by atoms with van der Waals surface area (Å²) in [4.78, 5) is 21.2. The first-order valence-corrected chi connectivity index (χ1v) is 5.70. The average Bonchev–Trinajstić information content (AvgIpc) is 2.17. The smallest absolute Gasteiger partial charge is 0.371 e. The Morgan fingerprint density at radius 2 is 2.07 bits per heavy atom. The number of aldehydes is 1. The van der Waals surface area contributed by atoms with Gasteiger partial charge < -0.3 is 4.74 Å². The van der Waals surface area contributed by atoms with Crippen molar-refractivity contribution in [3.8, 4) is 0 Å². The van der Waals surface area contributed by atoms with Crippen LogP contribution in [-0.4, -0.2) is 18.4 Å². The highest BCUT2D eigenvalue weighted by atomic mass is 16.5. The normalized spacial score (nSPS) is 31.3. The maximum atomic E-state index is 11.0. The molecule has 86 valence electrons. The second-order valence-electron chi connectivity index (χ2n) is 4.92. The Bertz CT molecular complexity index is 235. The molecule has 1 aliphatic carbocycles. The van der Waals surface area contributed by atoms with Crippen LogP contribution in [0.2, 0.25) is 0 Å². The molecule has 1 aliphatic rings. The van der Waals surface area contributed by atoms with Gasteiger partial charge in [0.25, 0.3) is 0 Å². The van der Waals surface area contributed by atoms with Crippen LogP contribution >= 0.6 is 0 Å². The molecule has 1 fully saturated rings. The van der Waals surface area contributed by atoms with E-state index in [2.05, 4.69) is 20.8 Å². The zero-order chi connectivity index (χ0) is 11.4. The number of hydrogen-bond acceptors (Lipinski definition) is 3. The minimum absolute atomic E-state index is 0.0635. The number of carbonyl (C=O) groups is 2. The summed E-state index contributed by atoms with van der Waals surface area (Å²) in [6.07, 6.45) is 3.37. The van der Waals surface area contributed by atoms with Crippen molar-refractivity contribution in [3.05, 3.63) is 0 Å². The number of carbonyl (C=O) groups excluding carboxylic acids is 2. The first-order chi connectivity index (χ1) is 7.04. The van der Waals surface area contributed by atoms with Crippen LogP contribution in [0, 0.1) is 17.8 Å². The van der Waals surface area contributed by atoms with Crippen LogP contribution in [0.1, 0.15) is 40.0 Å². The maximum absolute atomic E-state index is 11.0. The SMILES string of the molecule is CC(C)[C@H]1CC[C@@H](C)C[C@H]1OC(=O)C=O. The van der Waals surface area contributed by atoms with Crippen molar-refractivity contribution in [2.75, 3.05) is 0 Å². The molecule has 0 bridgehead atoms. The van der Waals surface area contributed by atoms with E-state index in [1.807, 2.05) is 0 Å². The third-order valence-electron chi connectivity index (χ3n) is 3.33. The summed E-state index contributed by atoms with van der Waals surface area (Å²) >= 11 is 0. The largest absolute Gasteiger partial charge is 0.457 e. The fraction of sp³-hybridized carbons (Fsp3) is 0.833. The predicted molar refractivity (Wildman–Crippen MR) is 57.3 cm³/mol. The molecule has 1 rings (SSSR count). The molecule has 0 heterocycles. The van der Waals surface area contributed by atoms with Crippen LogP contribution in [0.5, 0.6) is 0 Å². The monoisotopic (exact) mass is 212 g/mol. The van der Waals surface area contributed by atoms with Gasteiger partial charge in [-0.1, -0.05) is 27.2 Å². The van der Waals surface area contributed by atoms with E-state index in [1.54, 1.807) is 0 Å². The molecule has 3 atom stereocenters. The molecular weight excluding hydrogens is 192 g/mol. The van der Waals surface area contributed by atoms with Crippen molar-refractivity contribution in [3.63, 3.8) is 0 Å². The third-order valence-corrected chi connectivity index (χ3v) is 3.33. The molecule has 0 N–H and O–H groups in total. The van der Waals surface area contributed by atoms with Crippen molar-refractivity contribution >= 4 is 12.3 Å². The van der Waals surface area contributed by atoms with Gasteiger partial charge in [-0.2, -0.15) is 0 Å². The van der Waals surface area contributed by atoms with Crippen molar-refractivity contribution < 1.29 is 14.3 Å². The molecule has 0 unspecified atom stereocenters. The van der Waals surface area contributed by atoms with Gasteiger partial charge in [0.15, 0.2) is 0 Å². The standard InChI is InChI=1S/C12H20O3/c1-8(2)10-5-4-9(3)6-11(10)15-12(14)7-13/h7-11H,4-6H2,1-3H3/t9-,10-,11-/m1/s1. The molecule has 0 aliphatic heterocycles. The molecule has 0 saturated heterocycles. The quantitative estimate of drug-likeness (QED) is 0.409. The topological polar surface area (TPSA) is 43.4 Å². The van der Waals surface area contributed by atoms with Crippen molar-refractivity contribution in [2.45, 2.75) is 46.1 Å². The van der Waals surface area contributed by atoms with Gasteiger partial charge in [-0.05, 0) is 30.6 Å². The number of esters is 1. The van der Waals surface area contributed by atoms with Crippen molar-refractivity contribution in [1.82, 2.24) is 0 Å². The van der Waals surface area contributed by atoms with Gasteiger partial charge in [0, 0.05) is 0 Å². The molecule has 0 aromatic heterocycles. The minimum atomic E-state index is -0.722. The molecule has 15 heavy (non-hydrogen) atoms. The van der Waals surface area contributed by atoms with Gasteiger partial charge in [0.1, 0.15) is 6.10 Å². The second kappa shape index (κ2) is 5.29. The fourth-order valence-corrected chi connectivity index (χ4v) is 2.43. The molecule has 3 heteroatoms. The molecule has 3 nitrogen and oxygen atoms in total. The van der Waals surface area contributed by atoms with Crippen molar-refractivity contribution in [1.29, 1.82) is 0 Å². The van der Waals surface area contributed by atoms with E-state index in [4.69, 9.17) is 4.74 Å². The first-order valence-electron chi connectivity index (χ1n) is 5.70. The van der Waals surface area contributed by atoms with Crippen LogP contribution in [0.15, 0.2) is 0 Å². The Kier molecular flexibility index (Phi) is 4.30. The van der Waals surface area contributed by atoms with E-state index in [0.29, 0.717) is 17.8 Å². The Morgan fingerprint density at radius 3 is 2.60 bits per heavy atom. The maximum Gasteiger partial charge on any atom is 0.371 e. The molecular formula is C12H20O3. The summed E-state index contributed by atoms with van der Waals surface area (Å²) in [5.41, 5.74) is 0. The van der Waals surface area contributed by atoms with Gasteiger partial charge in [-0.15, -0.1) is 0 Å². The number of hydrogen-bond donors (Lipinski definition) is 0. The van der Waals surface area contributed by atoms with Gasteiger partial charge in [0.2, 0.25) is 6.29 Å². The van der Waals surface area contributed by atoms with E-state index in [-0.39, 0.29) is 12.4 Å². The Morgan fingerprint density at radius 1 is 1.40 bits per heavy atom. The fourth-order valence-electron chi connectivity index (χ4n) is 2.43. The van der Waals surface area contributed by atoms with Gasteiger partial charge in [-0.3, -0.25) is 4.79 Å². The highest BCUT2D eigenvalue weighted by Crippen LogP contribution is 2.35. The predicted octanol–water partition coefficient (Wildman–Crippen LogP) is 2.19. The lowest BCUT2D eigenvalue weighted by Gasteiger charge is -2.36. The summed E-state index contributed by atoms with van der Waals surface area (Å²) in [6.45, 7) is 6.45. The van der Waals surface area contributed by atoms with Crippen LogP contribution in [0.25, 0.3) is 0 Å². The lowest BCUT2D eigenvalue weighted by molar-refractivity contribution is -0.158. The van der Waals surface area contributed by atoms with Crippen LogP contribution in [0.4, 0.5) is 0 Å². The minimum Gasteiger partial charge on any atom is -0.457 e. The first kappa shape index (κ1) is 12.2. The Labute approximate surface area is 91.2 Å². The summed E-state index contributed by atoms with van der Waals surface area (Å²) < 4.78 is 5.18. The molecule has 0 amide bonds. The van der Waals surface area contributed by atoms with E-state index in [1.165, 1.54) is 6.42 Å². The van der Waals surface area contributed by atoms with Crippen LogP contribution in [0.3, 0.4) is 0 Å². The summed E-state index contributed by atoms with van der Waals surface area (Å²) in [5.74, 6) is 0.774. The lowest BCUT2D eigenvalue weighted by atomic mass is 9.75. The molecule has 1 saturated carbocycles. The van der Waals surface area contributed by atoms with Crippen LogP contribution < -0.4 is 0 Å². The average molecular weight is 212 g/mol. The highest BCUT2D eigenvalue weighted by molar-refractivity contribution is 6.20. The van der Waals surface area contributed by atoms with E-state index in [9.17, 15) is 9.59 Å². The molecule has 0 spiro atoms.